The van der Waals surface area contributed by atoms with Crippen LogP contribution in [0.25, 0.3) is 0 Å². The van der Waals surface area contributed by atoms with Gasteiger partial charge in [0.1, 0.15) is 0 Å². The average molecular weight is 176 g/mol. The van der Waals surface area contributed by atoms with Crippen molar-refractivity contribution in [2.75, 3.05) is 26.2 Å². The molecule has 0 heterocycles. The highest BCUT2D eigenvalue weighted by atomic mass is 14.9. The summed E-state index contributed by atoms with van der Waals surface area (Å²) >= 11 is 0. The van der Waals surface area contributed by atoms with Crippen molar-refractivity contribution < 1.29 is 0 Å². The predicted molar refractivity (Wildman–Crippen MR) is 54.9 cm³/mol. The topological polar surface area (TPSA) is 90.1 Å². The van der Waals surface area contributed by atoms with Gasteiger partial charge in [-0.1, -0.05) is 13.8 Å². The summed E-state index contributed by atoms with van der Waals surface area (Å²) in [6.07, 6.45) is 0.983. The van der Waals surface area contributed by atoms with Gasteiger partial charge in [0.15, 0.2) is 0 Å². The average Bonchev–Trinajstić information content (AvgIpc) is 2.14. The van der Waals surface area contributed by atoms with Crippen LogP contribution in [0.1, 0.15) is 20.3 Å². The third kappa shape index (κ3) is 16.4. The number of rotatable bonds is 5. The van der Waals surface area contributed by atoms with Gasteiger partial charge in [-0.2, -0.15) is 0 Å². The second-order valence-electron chi connectivity index (χ2n) is 2.55. The zero-order chi connectivity index (χ0) is 9.82. The molecule has 1 atom stereocenters. The van der Waals surface area contributed by atoms with Crippen molar-refractivity contribution in [2.24, 2.45) is 17.2 Å². The lowest BCUT2D eigenvalue weighted by atomic mass is 10.2. The Morgan fingerprint density at radius 1 is 1.25 bits per heavy atom. The molecule has 0 saturated carbocycles. The minimum Gasteiger partial charge on any atom is -0.329 e. The van der Waals surface area contributed by atoms with Crippen LogP contribution in [0.3, 0.4) is 0 Å². The lowest BCUT2D eigenvalue weighted by molar-refractivity contribution is 0.660. The molecule has 0 aliphatic heterocycles. The summed E-state index contributed by atoms with van der Waals surface area (Å²) < 4.78 is 0. The lowest BCUT2D eigenvalue weighted by Crippen LogP contribution is -2.28. The van der Waals surface area contributed by atoms with Crippen molar-refractivity contribution in [2.45, 2.75) is 26.3 Å². The van der Waals surface area contributed by atoms with Crippen LogP contribution in [0.4, 0.5) is 0 Å². The van der Waals surface area contributed by atoms with E-state index in [1.54, 1.807) is 0 Å². The molecule has 4 heteroatoms. The Bertz CT molecular complexity index is 60.1. The van der Waals surface area contributed by atoms with E-state index < -0.39 is 0 Å². The van der Waals surface area contributed by atoms with E-state index in [9.17, 15) is 0 Å². The molecule has 0 aliphatic carbocycles. The summed E-state index contributed by atoms with van der Waals surface area (Å²) in [6, 6.07) is 0.213. The van der Waals surface area contributed by atoms with E-state index in [-0.39, 0.29) is 6.04 Å². The van der Waals surface area contributed by atoms with Crippen molar-refractivity contribution in [3.05, 3.63) is 0 Å². The molecule has 4 nitrogen and oxygen atoms in total. The van der Waals surface area contributed by atoms with Gasteiger partial charge >= 0.3 is 0 Å². The number of nitrogens with two attached hydrogens (primary N) is 3. The van der Waals surface area contributed by atoms with Gasteiger partial charge in [-0.15, -0.1) is 0 Å². The quantitative estimate of drug-likeness (QED) is 0.414. The largest absolute Gasteiger partial charge is 0.329 e. The van der Waals surface area contributed by atoms with Gasteiger partial charge in [0.05, 0.1) is 0 Å². The van der Waals surface area contributed by atoms with E-state index in [2.05, 4.69) is 12.2 Å². The number of nitrogens with one attached hydrogen (secondary N) is 1. The van der Waals surface area contributed by atoms with Crippen LogP contribution in [0, 0.1) is 0 Å². The number of likely N-dealkylation sites (N-methyl/N-ethyl adjacent to an activating group) is 1. The highest BCUT2D eigenvalue weighted by molar-refractivity contribution is 4.55. The molecule has 0 fully saturated rings. The zero-order valence-corrected chi connectivity index (χ0v) is 8.34. The minimum absolute atomic E-state index is 0.213. The van der Waals surface area contributed by atoms with Gasteiger partial charge in [0.2, 0.25) is 0 Å². The Morgan fingerprint density at radius 3 is 1.92 bits per heavy atom. The molecule has 7 N–H and O–H groups in total. The van der Waals surface area contributed by atoms with Crippen LogP contribution < -0.4 is 22.5 Å². The van der Waals surface area contributed by atoms with E-state index in [0.717, 1.165) is 26.1 Å². The Morgan fingerprint density at radius 2 is 1.83 bits per heavy atom. The molecule has 0 saturated heterocycles. The Balaban J connectivity index is 0. The zero-order valence-electron chi connectivity index (χ0n) is 8.34. The molecule has 0 aromatic carbocycles. The molecule has 12 heavy (non-hydrogen) atoms. The van der Waals surface area contributed by atoms with Gasteiger partial charge in [-0.05, 0) is 13.0 Å². The van der Waals surface area contributed by atoms with Crippen molar-refractivity contribution in [3.8, 4) is 0 Å². The lowest BCUT2D eigenvalue weighted by Gasteiger charge is -1.99. The number of hydrogen-bond acceptors (Lipinski definition) is 4. The summed E-state index contributed by atoms with van der Waals surface area (Å²) in [5, 5.41) is 3.07. The Kier molecular flexibility index (Phi) is 16.1. The summed E-state index contributed by atoms with van der Waals surface area (Å²) in [4.78, 5) is 0. The first kappa shape index (κ1) is 14.4. The fourth-order valence-corrected chi connectivity index (χ4v) is 0.446. The molecule has 0 rings (SSSR count). The van der Waals surface area contributed by atoms with Crippen LogP contribution in [0.5, 0.6) is 0 Å². The summed E-state index contributed by atoms with van der Waals surface area (Å²) in [7, 11) is 0. The molecule has 1 unspecified atom stereocenters. The maximum Gasteiger partial charge on any atom is 0.0160 e. The van der Waals surface area contributed by atoms with Crippen LogP contribution in [-0.2, 0) is 0 Å². The molecular weight excluding hydrogens is 152 g/mol. The fourth-order valence-electron chi connectivity index (χ4n) is 0.446. The second kappa shape index (κ2) is 13.4. The smallest absolute Gasteiger partial charge is 0.0160 e. The highest BCUT2D eigenvalue weighted by Gasteiger charge is 1.88. The predicted octanol–water partition coefficient (Wildman–Crippen LogP) is -0.763. The van der Waals surface area contributed by atoms with Crippen LogP contribution in [0.15, 0.2) is 0 Å². The van der Waals surface area contributed by atoms with Gasteiger partial charge in [0.25, 0.3) is 0 Å². The van der Waals surface area contributed by atoms with Crippen LogP contribution in [-0.4, -0.2) is 32.2 Å². The van der Waals surface area contributed by atoms with Crippen LogP contribution >= 0.6 is 0 Å². The molecule has 0 aromatic rings. The number of hydrogen-bond donors (Lipinski definition) is 4. The summed E-state index contributed by atoms with van der Waals surface area (Å²) in [6.45, 7) is 7.41. The normalized spacial score (nSPS) is 11.8. The monoisotopic (exact) mass is 176 g/mol. The van der Waals surface area contributed by atoms with Crippen molar-refractivity contribution >= 4 is 0 Å². The summed E-state index contributed by atoms with van der Waals surface area (Å²) in [5.41, 5.74) is 15.7. The van der Waals surface area contributed by atoms with Crippen LogP contribution in [0.2, 0.25) is 0 Å². The molecule has 0 aromatic heterocycles. The maximum absolute atomic E-state index is 5.35. The Labute approximate surface area is 75.9 Å². The molecule has 0 aliphatic rings. The van der Waals surface area contributed by atoms with Gasteiger partial charge < -0.3 is 22.5 Å². The first-order valence-electron chi connectivity index (χ1n) is 4.59. The second-order valence-corrected chi connectivity index (χ2v) is 2.55. The first-order valence-corrected chi connectivity index (χ1v) is 4.59. The Hall–Kier alpha value is -0.160. The minimum atomic E-state index is 0.213. The fraction of sp³-hybridized carbons (Fsp3) is 1.00. The van der Waals surface area contributed by atoms with E-state index in [4.69, 9.17) is 17.2 Å². The molecule has 0 bridgehead atoms. The highest BCUT2D eigenvalue weighted by Crippen LogP contribution is 1.77. The standard InChI is InChI=1S/2C4H12N2/c1-2-6-4-3-5;1-2-4(6)3-5/h6H,2-5H2,1H3;4H,2-3,5-6H2,1H3. The third-order valence-electron chi connectivity index (χ3n) is 1.40. The molecule has 0 spiro atoms. The molecule has 76 valence electrons. The van der Waals surface area contributed by atoms with E-state index in [1.807, 2.05) is 6.92 Å². The van der Waals surface area contributed by atoms with E-state index in [1.165, 1.54) is 0 Å². The molecular formula is C8H24N4. The SMILES string of the molecule is CCC(N)CN.CCNCCN. The van der Waals surface area contributed by atoms with Crippen molar-refractivity contribution in [1.29, 1.82) is 0 Å². The van der Waals surface area contributed by atoms with Crippen molar-refractivity contribution in [3.63, 3.8) is 0 Å². The van der Waals surface area contributed by atoms with Gasteiger partial charge in [-0.3, -0.25) is 0 Å². The third-order valence-corrected chi connectivity index (χ3v) is 1.40. The maximum atomic E-state index is 5.35. The van der Waals surface area contributed by atoms with E-state index >= 15 is 0 Å². The molecule has 0 radical (unpaired) electrons. The van der Waals surface area contributed by atoms with Gasteiger partial charge in [0, 0.05) is 25.7 Å². The molecule has 0 amide bonds. The van der Waals surface area contributed by atoms with Gasteiger partial charge in [-0.25, -0.2) is 0 Å². The summed E-state index contributed by atoms with van der Waals surface area (Å²) in [5.74, 6) is 0. The van der Waals surface area contributed by atoms with Crippen molar-refractivity contribution in [1.82, 2.24) is 5.32 Å². The van der Waals surface area contributed by atoms with E-state index in [0.29, 0.717) is 6.54 Å². The first-order chi connectivity index (χ1) is 5.72.